The minimum Gasteiger partial charge on any atom is -0.344 e. The zero-order valence-corrected chi connectivity index (χ0v) is 9.56. The smallest absolute Gasteiger partial charge is 0.344 e. The Hall–Kier alpha value is -1.73. The standard InChI is InChI=1S/C11H9F6NO/c1-5(19)18-9(10(13)14)7-3-2-6(4-8(7)12)11(15,16)17/h2-4,9-10H,1H3,(H,18,19)/t9-/m0/s1. The molecule has 0 bridgehead atoms. The highest BCUT2D eigenvalue weighted by Gasteiger charge is 2.33. The van der Waals surface area contributed by atoms with E-state index in [9.17, 15) is 31.1 Å². The van der Waals surface area contributed by atoms with Gasteiger partial charge in [-0.1, -0.05) is 6.07 Å². The summed E-state index contributed by atoms with van der Waals surface area (Å²) in [4.78, 5) is 10.7. The van der Waals surface area contributed by atoms with E-state index >= 15 is 0 Å². The van der Waals surface area contributed by atoms with E-state index < -0.39 is 41.5 Å². The van der Waals surface area contributed by atoms with Crippen molar-refractivity contribution in [1.29, 1.82) is 0 Å². The summed E-state index contributed by atoms with van der Waals surface area (Å²) < 4.78 is 75.6. The summed E-state index contributed by atoms with van der Waals surface area (Å²) in [6.45, 7) is 0.942. The zero-order valence-electron chi connectivity index (χ0n) is 9.56. The molecular weight excluding hydrogens is 276 g/mol. The maximum atomic E-state index is 13.5. The van der Waals surface area contributed by atoms with E-state index in [4.69, 9.17) is 0 Å². The van der Waals surface area contributed by atoms with Gasteiger partial charge in [0.25, 0.3) is 6.43 Å². The number of benzene rings is 1. The Morgan fingerprint density at radius 2 is 1.84 bits per heavy atom. The third-order valence-electron chi connectivity index (χ3n) is 2.27. The second kappa shape index (κ2) is 5.50. The molecule has 0 spiro atoms. The Balaban J connectivity index is 3.16. The first-order chi connectivity index (χ1) is 8.62. The molecule has 0 aliphatic rings. The van der Waals surface area contributed by atoms with Gasteiger partial charge in [-0.15, -0.1) is 0 Å². The average Bonchev–Trinajstić information content (AvgIpc) is 2.24. The van der Waals surface area contributed by atoms with Crippen LogP contribution in [-0.4, -0.2) is 12.3 Å². The Bertz CT molecular complexity index is 471. The lowest BCUT2D eigenvalue weighted by molar-refractivity contribution is -0.137. The number of carbonyl (C=O) groups is 1. The number of amides is 1. The van der Waals surface area contributed by atoms with Gasteiger partial charge < -0.3 is 5.32 Å². The fourth-order valence-corrected chi connectivity index (χ4v) is 1.45. The summed E-state index contributed by atoms with van der Waals surface area (Å²) in [5.41, 5.74) is -1.98. The molecule has 0 radical (unpaired) electrons. The lowest BCUT2D eigenvalue weighted by Crippen LogP contribution is -2.31. The van der Waals surface area contributed by atoms with Crippen LogP contribution in [0.25, 0.3) is 0 Å². The summed E-state index contributed by atoms with van der Waals surface area (Å²) in [7, 11) is 0. The lowest BCUT2D eigenvalue weighted by atomic mass is 10.0. The molecule has 1 N–H and O–H groups in total. The summed E-state index contributed by atoms with van der Waals surface area (Å²) in [5, 5.41) is 1.78. The van der Waals surface area contributed by atoms with Crippen molar-refractivity contribution in [3.05, 3.63) is 35.1 Å². The zero-order chi connectivity index (χ0) is 14.8. The number of hydrogen-bond acceptors (Lipinski definition) is 1. The molecule has 0 aromatic heterocycles. The van der Waals surface area contributed by atoms with E-state index in [1.165, 1.54) is 0 Å². The van der Waals surface area contributed by atoms with Crippen LogP contribution in [0.1, 0.15) is 24.1 Å². The van der Waals surface area contributed by atoms with E-state index in [-0.39, 0.29) is 6.07 Å². The first-order valence-corrected chi connectivity index (χ1v) is 5.05. The highest BCUT2D eigenvalue weighted by molar-refractivity contribution is 5.73. The van der Waals surface area contributed by atoms with Crippen molar-refractivity contribution in [3.63, 3.8) is 0 Å². The van der Waals surface area contributed by atoms with Crippen molar-refractivity contribution in [2.24, 2.45) is 0 Å². The van der Waals surface area contributed by atoms with Gasteiger partial charge in [-0.05, 0) is 12.1 Å². The first kappa shape index (κ1) is 15.3. The third-order valence-corrected chi connectivity index (χ3v) is 2.27. The number of alkyl halides is 5. The maximum Gasteiger partial charge on any atom is 0.416 e. The fraction of sp³-hybridized carbons (Fsp3) is 0.364. The molecule has 19 heavy (non-hydrogen) atoms. The molecule has 0 fully saturated rings. The van der Waals surface area contributed by atoms with Gasteiger partial charge >= 0.3 is 6.18 Å². The highest BCUT2D eigenvalue weighted by Crippen LogP contribution is 2.32. The molecule has 1 rings (SSSR count). The summed E-state index contributed by atoms with van der Waals surface area (Å²) in [6.07, 6.45) is -7.91. The van der Waals surface area contributed by atoms with Crippen LogP contribution in [0.4, 0.5) is 26.3 Å². The molecule has 0 unspecified atom stereocenters. The Morgan fingerprint density at radius 1 is 1.26 bits per heavy atom. The van der Waals surface area contributed by atoms with Crippen molar-refractivity contribution in [2.45, 2.75) is 25.6 Å². The van der Waals surface area contributed by atoms with Gasteiger partial charge in [0.2, 0.25) is 5.91 Å². The second-order valence-corrected chi connectivity index (χ2v) is 3.75. The fourth-order valence-electron chi connectivity index (χ4n) is 1.45. The molecule has 106 valence electrons. The second-order valence-electron chi connectivity index (χ2n) is 3.75. The number of carbonyl (C=O) groups excluding carboxylic acids is 1. The van der Waals surface area contributed by atoms with E-state index in [0.717, 1.165) is 6.92 Å². The van der Waals surface area contributed by atoms with Crippen LogP contribution in [-0.2, 0) is 11.0 Å². The quantitative estimate of drug-likeness (QED) is 0.848. The molecular formula is C11H9F6NO. The van der Waals surface area contributed by atoms with Crippen LogP contribution >= 0.6 is 0 Å². The molecule has 0 aliphatic heterocycles. The van der Waals surface area contributed by atoms with Crippen molar-refractivity contribution < 1.29 is 31.1 Å². The van der Waals surface area contributed by atoms with Crippen molar-refractivity contribution >= 4 is 5.91 Å². The Labute approximate surface area is 104 Å². The van der Waals surface area contributed by atoms with Crippen LogP contribution in [0.3, 0.4) is 0 Å². The van der Waals surface area contributed by atoms with Crippen molar-refractivity contribution in [3.8, 4) is 0 Å². The molecule has 0 saturated heterocycles. The van der Waals surface area contributed by atoms with Crippen LogP contribution in [0.5, 0.6) is 0 Å². The average molecular weight is 285 g/mol. The Morgan fingerprint density at radius 3 is 2.21 bits per heavy atom. The predicted molar refractivity (Wildman–Crippen MR) is 54.0 cm³/mol. The van der Waals surface area contributed by atoms with Gasteiger partial charge in [0.15, 0.2) is 0 Å². The third kappa shape index (κ3) is 3.87. The van der Waals surface area contributed by atoms with E-state index in [1.54, 1.807) is 5.32 Å². The Kier molecular flexibility index (Phi) is 4.43. The number of nitrogens with one attached hydrogen (secondary N) is 1. The van der Waals surface area contributed by atoms with Crippen molar-refractivity contribution in [2.75, 3.05) is 0 Å². The van der Waals surface area contributed by atoms with Gasteiger partial charge in [-0.25, -0.2) is 13.2 Å². The van der Waals surface area contributed by atoms with Gasteiger partial charge in [0, 0.05) is 12.5 Å². The topological polar surface area (TPSA) is 29.1 Å². The molecule has 1 aromatic carbocycles. The number of rotatable bonds is 3. The normalized spacial score (nSPS) is 13.5. The van der Waals surface area contributed by atoms with E-state index in [2.05, 4.69) is 0 Å². The number of hydrogen-bond donors (Lipinski definition) is 1. The predicted octanol–water partition coefficient (Wildman–Crippen LogP) is 3.29. The van der Waals surface area contributed by atoms with Gasteiger partial charge in [0.1, 0.15) is 11.9 Å². The molecule has 0 saturated carbocycles. The molecule has 1 amide bonds. The first-order valence-electron chi connectivity index (χ1n) is 5.05. The highest BCUT2D eigenvalue weighted by atomic mass is 19.4. The largest absolute Gasteiger partial charge is 0.416 e. The van der Waals surface area contributed by atoms with Crippen LogP contribution in [0.2, 0.25) is 0 Å². The van der Waals surface area contributed by atoms with E-state index in [1.807, 2.05) is 0 Å². The number of halogens is 6. The van der Waals surface area contributed by atoms with Gasteiger partial charge in [-0.2, -0.15) is 13.2 Å². The SMILES string of the molecule is CC(=O)N[C@@H](c1ccc(C(F)(F)F)cc1F)C(F)F. The monoisotopic (exact) mass is 285 g/mol. The molecule has 1 aromatic rings. The summed E-state index contributed by atoms with van der Waals surface area (Å²) in [6, 6.07) is -0.799. The summed E-state index contributed by atoms with van der Waals surface area (Å²) >= 11 is 0. The van der Waals surface area contributed by atoms with Gasteiger partial charge in [-0.3, -0.25) is 4.79 Å². The van der Waals surface area contributed by atoms with Crippen LogP contribution in [0, 0.1) is 5.82 Å². The van der Waals surface area contributed by atoms with Gasteiger partial charge in [0.05, 0.1) is 5.56 Å². The minimum absolute atomic E-state index is 0.118. The van der Waals surface area contributed by atoms with Crippen molar-refractivity contribution in [1.82, 2.24) is 5.32 Å². The molecule has 1 atom stereocenters. The van der Waals surface area contributed by atoms with Crippen LogP contribution in [0.15, 0.2) is 18.2 Å². The molecule has 8 heteroatoms. The molecule has 0 heterocycles. The van der Waals surface area contributed by atoms with E-state index in [0.29, 0.717) is 12.1 Å². The minimum atomic E-state index is -4.77. The summed E-state index contributed by atoms with van der Waals surface area (Å²) in [5.74, 6) is -2.29. The lowest BCUT2D eigenvalue weighted by Gasteiger charge is -2.18. The van der Waals surface area contributed by atoms with Crippen LogP contribution < -0.4 is 5.32 Å². The maximum absolute atomic E-state index is 13.5. The molecule has 0 aliphatic carbocycles. The molecule has 2 nitrogen and oxygen atoms in total.